The Morgan fingerprint density at radius 3 is 1.13 bits per heavy atom. The fraction of sp³-hybridized carbons (Fsp3) is 0.354. The smallest absolute Gasteiger partial charge is 0.870 e. The normalized spacial score (nSPS) is 18.9. The Morgan fingerprint density at radius 1 is 0.500 bits per heavy atom. The van der Waals surface area contributed by atoms with Gasteiger partial charge in [-0.05, 0) is 154 Å². The first-order valence-corrected chi connectivity index (χ1v) is 29.1. The molecule has 3 atom stereocenters. The van der Waals surface area contributed by atoms with E-state index in [9.17, 15) is 28.8 Å². The average Bonchev–Trinajstić information content (AvgIpc) is 2.22. The summed E-state index contributed by atoms with van der Waals surface area (Å²) in [7, 11) is 1.42. The van der Waals surface area contributed by atoms with Crippen molar-refractivity contribution in [3.63, 3.8) is 0 Å². The number of hydrogen-bond acceptors (Lipinski definition) is 8. The van der Waals surface area contributed by atoms with Crippen LogP contribution in [0.25, 0.3) is 0 Å². The zero-order chi connectivity index (χ0) is 58.4. The van der Waals surface area contributed by atoms with Crippen molar-refractivity contribution < 1.29 is 62.9 Å². The maximum atomic E-state index is 12.9. The van der Waals surface area contributed by atoms with Crippen molar-refractivity contribution in [1.29, 1.82) is 0 Å². The van der Waals surface area contributed by atoms with Crippen molar-refractivity contribution >= 4 is 88.2 Å². The third kappa shape index (κ3) is 19.6. The van der Waals surface area contributed by atoms with Crippen LogP contribution in [0, 0.1) is 0 Å². The van der Waals surface area contributed by atoms with Gasteiger partial charge in [0.2, 0.25) is 0 Å². The number of aldehydes is 1. The van der Waals surface area contributed by atoms with Crippen LogP contribution in [0.4, 0.5) is 31.4 Å². The van der Waals surface area contributed by atoms with Gasteiger partial charge in [-0.2, -0.15) is 0 Å². The molecule has 0 saturated carbocycles. The fourth-order valence-electron chi connectivity index (χ4n) is 11.6. The molecule has 0 bridgehead atoms. The summed E-state index contributed by atoms with van der Waals surface area (Å²) in [6.07, 6.45) is 10.3. The average molecular weight is 1200 g/mol. The molecule has 15 nitrogen and oxygen atoms in total. The maximum absolute atomic E-state index is 12.9. The summed E-state index contributed by atoms with van der Waals surface area (Å²) in [6, 6.07) is 51.3. The van der Waals surface area contributed by atoms with Crippen molar-refractivity contribution in [3.05, 3.63) is 196 Å². The molecule has 3 heterocycles. The topological polar surface area (TPSA) is 208 Å². The van der Waals surface area contributed by atoms with E-state index in [1.54, 1.807) is 77.7 Å². The molecule has 0 aromatic heterocycles. The molecule has 3 saturated heterocycles. The van der Waals surface area contributed by atoms with Crippen LogP contribution in [-0.2, 0) is 35.4 Å². The number of carbonyl (C=O) groups is 6. The third-order valence-electron chi connectivity index (χ3n) is 15.8. The Kier molecular flexibility index (Phi) is 27.2. The number of ether oxygens (including phenoxy) is 1. The number of halogens is 3. The van der Waals surface area contributed by atoms with Crippen LogP contribution < -0.4 is 34.8 Å². The number of carboxylic acid groups (broad SMARTS) is 1. The minimum absolute atomic E-state index is 0. The van der Waals surface area contributed by atoms with Gasteiger partial charge in [-0.3, -0.25) is 9.59 Å². The summed E-state index contributed by atoms with van der Waals surface area (Å²) >= 11 is 17.7. The Balaban J connectivity index is 0.000000228. The predicted octanol–water partition coefficient (Wildman–Crippen LogP) is 11.7. The predicted molar refractivity (Wildman–Crippen MR) is 328 cm³/mol. The molecule has 5 N–H and O–H groups in total. The fourth-order valence-corrected chi connectivity index (χ4v) is 12.0. The molecule has 440 valence electrons. The van der Waals surface area contributed by atoms with Gasteiger partial charge in [0.1, 0.15) is 6.29 Å². The number of esters is 1. The number of amides is 6. The summed E-state index contributed by atoms with van der Waals surface area (Å²) in [5.74, 6) is -0.974. The quantitative estimate of drug-likeness (QED) is 0.0412. The molecule has 3 unspecified atom stereocenters. The summed E-state index contributed by atoms with van der Waals surface area (Å²) in [6.45, 7) is 3.83. The van der Waals surface area contributed by atoms with E-state index < -0.39 is 5.97 Å². The Labute approximate surface area is 520 Å². The molecule has 6 amide bonds. The Hall–Kier alpha value is -6.83. The monoisotopic (exact) mass is 1190 g/mol. The van der Waals surface area contributed by atoms with E-state index in [-0.39, 0.29) is 71.1 Å². The van der Waals surface area contributed by atoms with Crippen LogP contribution >= 0.6 is 34.8 Å². The van der Waals surface area contributed by atoms with Gasteiger partial charge in [-0.25, -0.2) is 14.4 Å². The van der Waals surface area contributed by atoms with Crippen LogP contribution in [-0.4, -0.2) is 108 Å². The summed E-state index contributed by atoms with van der Waals surface area (Å²) in [4.78, 5) is 77.8. The van der Waals surface area contributed by atoms with E-state index in [0.717, 1.165) is 75.3 Å². The first-order valence-electron chi connectivity index (χ1n) is 28.0. The van der Waals surface area contributed by atoms with E-state index in [4.69, 9.17) is 44.6 Å². The van der Waals surface area contributed by atoms with Crippen molar-refractivity contribution in [2.45, 2.75) is 99.7 Å². The number of rotatable bonds is 16. The van der Waals surface area contributed by atoms with Crippen molar-refractivity contribution in [3.8, 4) is 0 Å². The standard InChI is InChI=1S/C23H27ClN2O3.C22H25ClN2O3.C20H21ClN2O2.Li.H2O/c1-29-21(27)9-5-14-23(18-7-3-2-4-8-18)15-6-16-26(17-23)22(28)25-20-12-10-19(24)11-13-20;23-18-9-11-19(12-10-18)24-21(28)25-15-5-14-22(16-25,13-4-8-20(26)27)17-6-2-1-3-7-17;21-17-7-9-18(10-8-17)22-19(25)23-13-4-11-20(15-23,12-14-24)16-5-2-1-3-6-16;;/h2-4,7-8,10-13H,5-6,9,14-17H2,1H3,(H,25,28);1-3,6-7,9-12H,4-5,8,13-16H2,(H,24,28)(H,26,27);1-3,5-10,14H,4,11-13,15H2,(H,22,25);;1H2/q;;;+1;/p-1. The van der Waals surface area contributed by atoms with E-state index in [1.807, 2.05) is 76.5 Å². The Bertz CT molecular complexity index is 3030. The van der Waals surface area contributed by atoms with Gasteiger partial charge >= 0.3 is 48.9 Å². The largest absolute Gasteiger partial charge is 1.00 e. The van der Waals surface area contributed by atoms with Gasteiger partial charge in [-0.15, -0.1) is 0 Å². The number of carboxylic acids is 1. The van der Waals surface area contributed by atoms with Gasteiger partial charge in [0.15, 0.2) is 0 Å². The number of likely N-dealkylation sites (tertiary alicyclic amines) is 3. The second kappa shape index (κ2) is 33.6. The van der Waals surface area contributed by atoms with Gasteiger partial charge in [0, 0.05) is 107 Å². The summed E-state index contributed by atoms with van der Waals surface area (Å²) < 4.78 is 4.79. The molecule has 6 aromatic rings. The van der Waals surface area contributed by atoms with Crippen LogP contribution in [0.15, 0.2) is 164 Å². The number of aliphatic carboxylic acids is 1. The van der Waals surface area contributed by atoms with Gasteiger partial charge in [-0.1, -0.05) is 126 Å². The number of anilines is 3. The molecular formula is C65H74Cl3LiN6O9. The molecule has 6 aromatic carbocycles. The van der Waals surface area contributed by atoms with Crippen LogP contribution in [0.2, 0.25) is 15.1 Å². The van der Waals surface area contributed by atoms with Crippen LogP contribution in [0.1, 0.15) is 100 Å². The number of hydrogen-bond donors (Lipinski definition) is 4. The van der Waals surface area contributed by atoms with Gasteiger partial charge in [0.25, 0.3) is 0 Å². The van der Waals surface area contributed by atoms with Crippen molar-refractivity contribution in [2.75, 3.05) is 62.3 Å². The maximum Gasteiger partial charge on any atom is 1.00 e. The number of nitrogens with zero attached hydrogens (tertiary/aromatic N) is 3. The summed E-state index contributed by atoms with van der Waals surface area (Å²) in [5, 5.41) is 19.7. The zero-order valence-electron chi connectivity index (χ0n) is 47.8. The van der Waals surface area contributed by atoms with E-state index >= 15 is 0 Å². The molecule has 0 radical (unpaired) electrons. The van der Waals surface area contributed by atoms with E-state index in [2.05, 4.69) is 40.2 Å². The SMILES string of the molecule is COC(=O)CCCC1(c2ccccc2)CCCN(C(=O)Nc2ccc(Cl)cc2)C1.O=C(O)CCCC1(c2ccccc2)CCCN(C(=O)Nc2ccc(Cl)cc2)C1.O=CCC1(c2ccccc2)CCCN(C(=O)Nc2ccc(Cl)cc2)C1.[Li+].[OH-]. The molecule has 0 aliphatic carbocycles. The van der Waals surface area contributed by atoms with Gasteiger partial charge in [0.05, 0.1) is 7.11 Å². The molecule has 84 heavy (non-hydrogen) atoms. The molecule has 3 aliphatic heterocycles. The third-order valence-corrected chi connectivity index (χ3v) is 16.6. The van der Waals surface area contributed by atoms with Crippen molar-refractivity contribution in [1.82, 2.24) is 14.7 Å². The first kappa shape index (κ1) is 68.0. The molecule has 9 rings (SSSR count). The Morgan fingerprint density at radius 2 is 0.810 bits per heavy atom. The molecule has 3 fully saturated rings. The minimum atomic E-state index is -0.781. The van der Waals surface area contributed by atoms with Crippen LogP contribution in [0.3, 0.4) is 0 Å². The minimum Gasteiger partial charge on any atom is -0.870 e. The molecule has 19 heteroatoms. The number of urea groups is 3. The molecule has 3 aliphatic rings. The number of carbonyl (C=O) groups excluding carboxylic acids is 5. The first-order chi connectivity index (χ1) is 39.6. The van der Waals surface area contributed by atoms with E-state index in [1.165, 1.54) is 18.2 Å². The second-order valence-corrected chi connectivity index (χ2v) is 22.7. The molecular weight excluding hydrogens is 1120 g/mol. The number of piperidine rings is 3. The van der Waals surface area contributed by atoms with Crippen LogP contribution in [0.5, 0.6) is 0 Å². The second-order valence-electron chi connectivity index (χ2n) is 21.4. The number of benzene rings is 6. The van der Waals surface area contributed by atoms with Gasteiger partial charge < -0.3 is 50.8 Å². The number of methoxy groups -OCH3 is 1. The molecule has 0 spiro atoms. The van der Waals surface area contributed by atoms with Crippen molar-refractivity contribution in [2.24, 2.45) is 0 Å². The van der Waals surface area contributed by atoms with E-state index in [0.29, 0.717) is 85.0 Å². The summed E-state index contributed by atoms with van der Waals surface area (Å²) in [5.41, 5.74) is 4.96. The number of nitrogens with one attached hydrogen (secondary N) is 3. The zero-order valence-corrected chi connectivity index (χ0v) is 50.1.